The Kier molecular flexibility index (Phi) is 6.35. The minimum atomic E-state index is -0.239. The third-order valence-electron chi connectivity index (χ3n) is 3.22. The molecule has 0 aliphatic carbocycles. The van der Waals surface area contributed by atoms with Crippen LogP contribution < -0.4 is 5.32 Å². The molecule has 5 heteroatoms. The summed E-state index contributed by atoms with van der Waals surface area (Å²) in [5.41, 5.74) is 1.04. The van der Waals surface area contributed by atoms with Gasteiger partial charge in [0.15, 0.2) is 5.78 Å². The van der Waals surface area contributed by atoms with E-state index in [1.165, 1.54) is 24.8 Å². The zero-order valence-electron chi connectivity index (χ0n) is 12.8. The van der Waals surface area contributed by atoms with Crippen molar-refractivity contribution >= 4 is 29.1 Å². The molecule has 23 heavy (non-hydrogen) atoms. The van der Waals surface area contributed by atoms with Crippen LogP contribution in [0.15, 0.2) is 53.4 Å². The molecule has 120 valence electrons. The van der Waals surface area contributed by atoms with Gasteiger partial charge in [-0.3, -0.25) is 9.59 Å². The van der Waals surface area contributed by atoms with Gasteiger partial charge in [-0.1, -0.05) is 24.3 Å². The predicted octanol–water partition coefficient (Wildman–Crippen LogP) is 4.54. The molecule has 3 nitrogen and oxygen atoms in total. The fourth-order valence-electron chi connectivity index (χ4n) is 2.09. The minimum absolute atomic E-state index is 0.0870. The highest BCUT2D eigenvalue weighted by Crippen LogP contribution is 2.22. The average Bonchev–Trinajstić information content (AvgIpc) is 2.53. The van der Waals surface area contributed by atoms with E-state index in [1.54, 1.807) is 42.5 Å². The number of carbonyl (C=O) groups excluding carboxylic acids is 2. The van der Waals surface area contributed by atoms with Gasteiger partial charge in [-0.2, -0.15) is 0 Å². The number of ketones is 1. The van der Waals surface area contributed by atoms with E-state index in [0.29, 0.717) is 34.7 Å². The lowest BCUT2D eigenvalue weighted by molar-refractivity contribution is -0.116. The minimum Gasteiger partial charge on any atom is -0.325 e. The van der Waals surface area contributed by atoms with Crippen LogP contribution in [0.1, 0.15) is 30.1 Å². The van der Waals surface area contributed by atoms with E-state index in [1.807, 2.05) is 0 Å². The van der Waals surface area contributed by atoms with Crippen LogP contribution in [-0.4, -0.2) is 17.4 Å². The molecule has 0 saturated carbocycles. The summed E-state index contributed by atoms with van der Waals surface area (Å²) in [6.07, 6.45) is 0.959. The molecule has 0 fully saturated rings. The maximum absolute atomic E-state index is 13.5. The second-order valence-corrected chi connectivity index (χ2v) is 6.17. The van der Waals surface area contributed by atoms with Crippen molar-refractivity contribution < 1.29 is 14.0 Å². The summed E-state index contributed by atoms with van der Waals surface area (Å²) in [4.78, 5) is 24.1. The number of hydrogen-bond acceptors (Lipinski definition) is 3. The van der Waals surface area contributed by atoms with Crippen molar-refractivity contribution in [3.8, 4) is 0 Å². The van der Waals surface area contributed by atoms with Crippen molar-refractivity contribution in [2.24, 2.45) is 0 Å². The number of Topliss-reactive ketones (excluding diaryl/α,β-unsaturated/α-hetero) is 1. The van der Waals surface area contributed by atoms with Gasteiger partial charge in [0, 0.05) is 16.9 Å². The second kappa shape index (κ2) is 8.48. The summed E-state index contributed by atoms with van der Waals surface area (Å²) in [6.45, 7) is 1.47. The zero-order chi connectivity index (χ0) is 16.7. The summed E-state index contributed by atoms with van der Waals surface area (Å²) < 4.78 is 13.5. The number of halogens is 1. The number of nitrogens with one attached hydrogen (secondary N) is 1. The molecule has 0 saturated heterocycles. The molecule has 0 radical (unpaired) electrons. The summed E-state index contributed by atoms with van der Waals surface area (Å²) in [6, 6.07) is 13.5. The summed E-state index contributed by atoms with van der Waals surface area (Å²) in [7, 11) is 0. The Morgan fingerprint density at radius 3 is 2.52 bits per heavy atom. The lowest BCUT2D eigenvalue weighted by Gasteiger charge is -2.09. The molecular weight excluding hydrogens is 313 g/mol. The molecule has 2 aromatic carbocycles. The van der Waals surface area contributed by atoms with Gasteiger partial charge >= 0.3 is 0 Å². The molecule has 0 aromatic heterocycles. The van der Waals surface area contributed by atoms with E-state index in [0.717, 1.165) is 0 Å². The van der Waals surface area contributed by atoms with E-state index >= 15 is 0 Å². The van der Waals surface area contributed by atoms with Crippen LogP contribution in [0.25, 0.3) is 0 Å². The van der Waals surface area contributed by atoms with Crippen LogP contribution >= 0.6 is 11.8 Å². The fraction of sp³-hybridized carbons (Fsp3) is 0.222. The first-order chi connectivity index (χ1) is 11.1. The highest BCUT2D eigenvalue weighted by Gasteiger charge is 2.09. The molecular formula is C18H18FNO2S. The smallest absolute Gasteiger partial charge is 0.224 e. The number of amides is 1. The molecule has 0 unspecified atom stereocenters. The number of para-hydroxylation sites is 1. The van der Waals surface area contributed by atoms with Gasteiger partial charge in [-0.05, 0) is 43.4 Å². The Labute approximate surface area is 139 Å². The lowest BCUT2D eigenvalue weighted by atomic mass is 10.1. The van der Waals surface area contributed by atoms with Crippen molar-refractivity contribution in [1.82, 2.24) is 0 Å². The van der Waals surface area contributed by atoms with Crippen molar-refractivity contribution in [2.75, 3.05) is 11.1 Å². The molecule has 0 atom stereocenters. The first kappa shape index (κ1) is 17.2. The third kappa shape index (κ3) is 5.21. The highest BCUT2D eigenvalue weighted by molar-refractivity contribution is 7.99. The Bertz CT molecular complexity index is 703. The standard InChI is InChI=1S/C18H18FNO2S/c1-13(21)14-7-2-4-9-16(14)20-18(22)11-6-12-23-17-10-5-3-8-15(17)19/h2-5,7-10H,6,11-12H2,1H3,(H,20,22). The number of rotatable bonds is 7. The van der Waals surface area contributed by atoms with Gasteiger partial charge in [0.05, 0.1) is 5.69 Å². The van der Waals surface area contributed by atoms with Crippen LogP contribution in [0.3, 0.4) is 0 Å². The maximum atomic E-state index is 13.5. The zero-order valence-corrected chi connectivity index (χ0v) is 13.7. The summed E-state index contributed by atoms with van der Waals surface area (Å²) in [5.74, 6) is 0.184. The Balaban J connectivity index is 1.80. The molecule has 0 bridgehead atoms. The van der Waals surface area contributed by atoms with Crippen LogP contribution in [0, 0.1) is 5.82 Å². The number of thioether (sulfide) groups is 1. The second-order valence-electron chi connectivity index (χ2n) is 5.03. The molecule has 0 spiro atoms. The molecule has 1 amide bonds. The Morgan fingerprint density at radius 1 is 1.09 bits per heavy atom. The fourth-order valence-corrected chi connectivity index (χ4v) is 2.98. The SMILES string of the molecule is CC(=O)c1ccccc1NC(=O)CCCSc1ccccc1F. The summed E-state index contributed by atoms with van der Waals surface area (Å²) in [5, 5.41) is 2.76. The van der Waals surface area contributed by atoms with Crippen LogP contribution in [0.2, 0.25) is 0 Å². The average molecular weight is 331 g/mol. The maximum Gasteiger partial charge on any atom is 0.224 e. The Hall–Kier alpha value is -2.14. The first-order valence-corrected chi connectivity index (χ1v) is 8.33. The first-order valence-electron chi connectivity index (χ1n) is 7.35. The molecule has 2 rings (SSSR count). The van der Waals surface area contributed by atoms with Crippen molar-refractivity contribution in [3.05, 3.63) is 59.9 Å². The number of hydrogen-bond donors (Lipinski definition) is 1. The van der Waals surface area contributed by atoms with Crippen molar-refractivity contribution in [3.63, 3.8) is 0 Å². The van der Waals surface area contributed by atoms with Gasteiger partial charge in [0.2, 0.25) is 5.91 Å². The normalized spacial score (nSPS) is 10.3. The molecule has 2 aromatic rings. The molecule has 1 N–H and O–H groups in total. The van der Waals surface area contributed by atoms with E-state index in [4.69, 9.17) is 0 Å². The van der Waals surface area contributed by atoms with Gasteiger partial charge in [0.1, 0.15) is 5.82 Å². The van der Waals surface area contributed by atoms with Gasteiger partial charge in [0.25, 0.3) is 0 Å². The quantitative estimate of drug-likeness (QED) is 0.460. The third-order valence-corrected chi connectivity index (χ3v) is 4.36. The van der Waals surface area contributed by atoms with Gasteiger partial charge in [-0.25, -0.2) is 4.39 Å². The van der Waals surface area contributed by atoms with Crippen LogP contribution in [-0.2, 0) is 4.79 Å². The molecule has 0 heterocycles. The Morgan fingerprint density at radius 2 is 1.78 bits per heavy atom. The van der Waals surface area contributed by atoms with Crippen molar-refractivity contribution in [2.45, 2.75) is 24.7 Å². The monoisotopic (exact) mass is 331 g/mol. The molecule has 0 aliphatic heterocycles. The van der Waals surface area contributed by atoms with E-state index in [-0.39, 0.29) is 17.5 Å². The molecule has 0 aliphatic rings. The van der Waals surface area contributed by atoms with Gasteiger partial charge < -0.3 is 5.32 Å². The number of anilines is 1. The topological polar surface area (TPSA) is 46.2 Å². The largest absolute Gasteiger partial charge is 0.325 e. The highest BCUT2D eigenvalue weighted by atomic mass is 32.2. The van der Waals surface area contributed by atoms with E-state index in [9.17, 15) is 14.0 Å². The van der Waals surface area contributed by atoms with E-state index in [2.05, 4.69) is 5.32 Å². The van der Waals surface area contributed by atoms with Crippen LogP contribution in [0.4, 0.5) is 10.1 Å². The van der Waals surface area contributed by atoms with Crippen molar-refractivity contribution in [1.29, 1.82) is 0 Å². The van der Waals surface area contributed by atoms with E-state index < -0.39 is 0 Å². The van der Waals surface area contributed by atoms with Gasteiger partial charge in [-0.15, -0.1) is 11.8 Å². The summed E-state index contributed by atoms with van der Waals surface area (Å²) >= 11 is 1.39. The number of carbonyl (C=O) groups is 2. The lowest BCUT2D eigenvalue weighted by Crippen LogP contribution is -2.13. The number of benzene rings is 2. The predicted molar refractivity (Wildman–Crippen MR) is 91.4 cm³/mol. The van der Waals surface area contributed by atoms with Crippen LogP contribution in [0.5, 0.6) is 0 Å².